The molecule has 0 radical (unpaired) electrons. The van der Waals surface area contributed by atoms with Gasteiger partial charge in [0.15, 0.2) is 11.8 Å². The van der Waals surface area contributed by atoms with E-state index in [1.807, 2.05) is 6.07 Å². The summed E-state index contributed by atoms with van der Waals surface area (Å²) in [4.78, 5) is 23.6. The van der Waals surface area contributed by atoms with Crippen LogP contribution in [0.5, 0.6) is 5.75 Å². The molecule has 1 saturated heterocycles. The number of hydrogen-bond acceptors (Lipinski definition) is 6. The predicted molar refractivity (Wildman–Crippen MR) is 75.8 cm³/mol. The van der Waals surface area contributed by atoms with E-state index in [2.05, 4.69) is 4.74 Å². The van der Waals surface area contributed by atoms with Gasteiger partial charge >= 0.3 is 14.1 Å². The number of para-hydroxylation sites is 1. The Kier molecular flexibility index (Phi) is 6.11. The molecule has 1 unspecified atom stereocenters. The van der Waals surface area contributed by atoms with Crippen molar-refractivity contribution in [2.45, 2.75) is 31.9 Å². The summed E-state index contributed by atoms with van der Waals surface area (Å²) in [6.45, 7) is 2.73. The first kappa shape index (κ1) is 15.9. The van der Waals surface area contributed by atoms with E-state index in [0.717, 1.165) is 0 Å². The van der Waals surface area contributed by atoms with Crippen molar-refractivity contribution < 1.29 is 23.7 Å². The highest BCUT2D eigenvalue weighted by molar-refractivity contribution is 7.34. The minimum Gasteiger partial charge on any atom is -0.575 e. The van der Waals surface area contributed by atoms with Gasteiger partial charge in [0.2, 0.25) is 0 Å². The van der Waals surface area contributed by atoms with Gasteiger partial charge in [-0.1, -0.05) is 22.9 Å². The molecule has 21 heavy (non-hydrogen) atoms. The topological polar surface area (TPSA) is 80.2 Å². The Hall–Kier alpha value is -1.49. The molecule has 2 rings (SSSR count). The second-order valence-corrected chi connectivity index (χ2v) is 5.57. The van der Waals surface area contributed by atoms with E-state index < -0.39 is 20.2 Å². The number of benzene rings is 1. The Morgan fingerprint density at radius 2 is 2.05 bits per heavy atom. The summed E-state index contributed by atoms with van der Waals surface area (Å²) in [6, 6.07) is 7.88. The van der Waals surface area contributed by atoms with Crippen LogP contribution >= 0.6 is 8.17 Å². The van der Waals surface area contributed by atoms with Gasteiger partial charge in [-0.3, -0.25) is 4.52 Å². The largest absolute Gasteiger partial charge is 0.575 e. The van der Waals surface area contributed by atoms with Gasteiger partial charge in [-0.2, -0.15) is 0 Å². The summed E-state index contributed by atoms with van der Waals surface area (Å²) < 4.78 is 19.5. The number of esters is 1. The number of carbonyl (C=O) groups excluding carboxylic acids is 1. The Bertz CT molecular complexity index is 487. The Labute approximate surface area is 124 Å². The monoisotopic (exact) mass is 311 g/mol. The average molecular weight is 311 g/mol. The van der Waals surface area contributed by atoms with Crippen molar-refractivity contribution in [1.82, 2.24) is 0 Å². The summed E-state index contributed by atoms with van der Waals surface area (Å²) in [5.74, 6) is -0.0331. The van der Waals surface area contributed by atoms with Gasteiger partial charge < -0.3 is 14.4 Å². The molecule has 114 valence electrons. The Morgan fingerprint density at radius 3 is 2.71 bits per heavy atom. The fourth-order valence-corrected chi connectivity index (χ4v) is 2.57. The molecule has 6 nitrogen and oxygen atoms in total. The van der Waals surface area contributed by atoms with Gasteiger partial charge in [0.25, 0.3) is 0 Å². The van der Waals surface area contributed by atoms with Crippen LogP contribution in [0, 0.1) is 0 Å². The van der Waals surface area contributed by atoms with E-state index in [1.54, 1.807) is 31.2 Å². The lowest BCUT2D eigenvalue weighted by Crippen LogP contribution is -2.29. The smallest absolute Gasteiger partial charge is 0.395 e. The minimum atomic E-state index is -2.30. The first-order chi connectivity index (χ1) is 10.1. The summed E-state index contributed by atoms with van der Waals surface area (Å²) in [7, 11) is -2.30. The number of nitrogens with zero attached hydrogens (tertiary/aromatic N) is 1. The van der Waals surface area contributed by atoms with Gasteiger partial charge in [-0.15, -0.1) is 0 Å². The molecule has 1 fully saturated rings. The van der Waals surface area contributed by atoms with Crippen molar-refractivity contribution in [3.8, 4) is 5.75 Å². The Balaban J connectivity index is 1.85. The van der Waals surface area contributed by atoms with Crippen molar-refractivity contribution in [2.75, 3.05) is 13.2 Å². The third-order valence-electron chi connectivity index (χ3n) is 2.99. The van der Waals surface area contributed by atoms with E-state index in [-0.39, 0.29) is 6.10 Å². The summed E-state index contributed by atoms with van der Waals surface area (Å²) in [5, 5.41) is 0. The van der Waals surface area contributed by atoms with Gasteiger partial charge in [-0.05, 0) is 19.1 Å². The SMILES string of the molecule is C[C@H](N=[P+]([O-])Oc1ccccc1)C(=O)OC1CCOCC1. The number of rotatable bonds is 5. The summed E-state index contributed by atoms with van der Waals surface area (Å²) >= 11 is 0. The molecule has 7 heteroatoms. The van der Waals surface area contributed by atoms with Crippen molar-refractivity contribution in [3.63, 3.8) is 0 Å². The second-order valence-electron chi connectivity index (χ2n) is 4.68. The molecular formula is C14H18NO5P. The molecule has 0 aromatic heterocycles. The van der Waals surface area contributed by atoms with Crippen LogP contribution in [0.15, 0.2) is 35.1 Å². The summed E-state index contributed by atoms with van der Waals surface area (Å²) in [6.07, 6.45) is 1.23. The molecule has 0 N–H and O–H groups in total. The zero-order valence-corrected chi connectivity index (χ0v) is 12.7. The molecule has 1 aliphatic heterocycles. The van der Waals surface area contributed by atoms with Crippen LogP contribution in [0.2, 0.25) is 0 Å². The van der Waals surface area contributed by atoms with E-state index in [1.165, 1.54) is 0 Å². The standard InChI is InChI=1S/C14H18NO5P/c1-11(14(16)19-12-7-9-18-10-8-12)15-21(17)20-13-5-3-2-4-6-13/h2-6,11-12H,7-10H2,1H3/t11-/m0/s1. The van der Waals surface area contributed by atoms with Crippen LogP contribution < -0.4 is 9.42 Å². The van der Waals surface area contributed by atoms with Crippen molar-refractivity contribution >= 4 is 14.1 Å². The molecule has 1 aliphatic rings. The molecule has 1 heterocycles. The van der Waals surface area contributed by atoms with Crippen molar-refractivity contribution in [2.24, 2.45) is 4.74 Å². The van der Waals surface area contributed by atoms with Crippen molar-refractivity contribution in [3.05, 3.63) is 30.3 Å². The molecule has 0 spiro atoms. The first-order valence-electron chi connectivity index (χ1n) is 6.84. The van der Waals surface area contributed by atoms with Gasteiger partial charge in [0.05, 0.1) is 13.2 Å². The van der Waals surface area contributed by atoms with Crippen LogP contribution in [0.3, 0.4) is 0 Å². The molecule has 0 amide bonds. The predicted octanol–water partition coefficient (Wildman–Crippen LogP) is 2.03. The highest BCUT2D eigenvalue weighted by Gasteiger charge is 2.24. The van der Waals surface area contributed by atoms with E-state index in [9.17, 15) is 9.69 Å². The van der Waals surface area contributed by atoms with Gasteiger partial charge in [0.1, 0.15) is 6.10 Å². The average Bonchev–Trinajstić information content (AvgIpc) is 2.49. The van der Waals surface area contributed by atoms with Crippen LogP contribution in [-0.4, -0.2) is 31.3 Å². The number of carbonyl (C=O) groups is 1. The highest BCUT2D eigenvalue weighted by atomic mass is 31.1. The van der Waals surface area contributed by atoms with Crippen LogP contribution in [0.4, 0.5) is 0 Å². The lowest BCUT2D eigenvalue weighted by Gasteiger charge is -2.22. The second kappa shape index (κ2) is 8.08. The first-order valence-corrected chi connectivity index (χ1v) is 7.97. The number of hydrogen-bond donors (Lipinski definition) is 0. The van der Waals surface area contributed by atoms with E-state index >= 15 is 0 Å². The third-order valence-corrected chi connectivity index (χ3v) is 3.89. The van der Waals surface area contributed by atoms with Crippen molar-refractivity contribution in [1.29, 1.82) is 0 Å². The molecule has 2 atom stereocenters. The summed E-state index contributed by atoms with van der Waals surface area (Å²) in [5.41, 5.74) is 0. The lowest BCUT2D eigenvalue weighted by atomic mass is 10.1. The normalized spacial score (nSPS) is 18.1. The lowest BCUT2D eigenvalue weighted by molar-refractivity contribution is -0.170. The fourth-order valence-electron chi connectivity index (χ4n) is 1.84. The maximum atomic E-state index is 11.9. The molecule has 0 saturated carbocycles. The Morgan fingerprint density at radius 1 is 1.38 bits per heavy atom. The van der Waals surface area contributed by atoms with Crippen LogP contribution in [-0.2, 0) is 14.3 Å². The third kappa shape index (κ3) is 5.42. The molecule has 0 bridgehead atoms. The maximum Gasteiger partial charge on any atom is 0.395 e. The van der Waals surface area contributed by atoms with E-state index in [0.29, 0.717) is 31.8 Å². The molecular weight excluding hydrogens is 293 g/mol. The zero-order valence-electron chi connectivity index (χ0n) is 11.8. The number of ether oxygens (including phenoxy) is 2. The fraction of sp³-hybridized carbons (Fsp3) is 0.500. The minimum absolute atomic E-state index is 0.142. The van der Waals surface area contributed by atoms with Crippen LogP contribution in [0.1, 0.15) is 19.8 Å². The maximum absolute atomic E-state index is 11.9. The molecule has 1 aromatic rings. The molecule has 0 aliphatic carbocycles. The quantitative estimate of drug-likeness (QED) is 0.614. The van der Waals surface area contributed by atoms with Gasteiger partial charge in [-0.25, -0.2) is 4.79 Å². The highest BCUT2D eigenvalue weighted by Crippen LogP contribution is 2.24. The van der Waals surface area contributed by atoms with Crippen LogP contribution in [0.25, 0.3) is 0 Å². The van der Waals surface area contributed by atoms with Gasteiger partial charge in [0, 0.05) is 12.8 Å². The van der Waals surface area contributed by atoms with E-state index in [4.69, 9.17) is 14.0 Å². The molecule has 1 aromatic carbocycles. The zero-order chi connectivity index (χ0) is 15.1.